The lowest BCUT2D eigenvalue weighted by Gasteiger charge is -2.13. The van der Waals surface area contributed by atoms with Gasteiger partial charge < -0.3 is 5.32 Å². The molecule has 2 aromatic heterocycles. The lowest BCUT2D eigenvalue weighted by atomic mass is 10.3. The number of aryl methyl sites for hydroxylation is 1. The van der Waals surface area contributed by atoms with Crippen molar-refractivity contribution in [2.24, 2.45) is 0 Å². The van der Waals surface area contributed by atoms with E-state index in [4.69, 9.17) is 11.6 Å². The van der Waals surface area contributed by atoms with E-state index < -0.39 is 0 Å². The predicted molar refractivity (Wildman–Crippen MR) is 73.6 cm³/mol. The Kier molecular flexibility index (Phi) is 3.96. The van der Waals surface area contributed by atoms with Gasteiger partial charge in [-0.1, -0.05) is 11.6 Å². The van der Waals surface area contributed by atoms with E-state index in [-0.39, 0.29) is 6.04 Å². The monoisotopic (exact) mass is 332 g/mol. The molecule has 2 rings (SSSR count). The van der Waals surface area contributed by atoms with Gasteiger partial charge in [0.2, 0.25) is 0 Å². The fourth-order valence-corrected chi connectivity index (χ4v) is 2.52. The molecule has 0 saturated heterocycles. The number of aromatic nitrogens is 3. The summed E-state index contributed by atoms with van der Waals surface area (Å²) >= 11 is 10.9. The first kappa shape index (κ1) is 12.7. The second-order valence-electron chi connectivity index (χ2n) is 3.50. The first-order valence-electron chi connectivity index (χ1n) is 4.93. The average Bonchev–Trinajstić information content (AvgIpc) is 2.72. The fraction of sp³-hybridized carbons (Fsp3) is 0.300. The third-order valence-corrected chi connectivity index (χ3v) is 4.47. The molecule has 0 radical (unpaired) electrons. The van der Waals surface area contributed by atoms with Crippen molar-refractivity contribution in [2.75, 3.05) is 5.32 Å². The lowest BCUT2D eigenvalue weighted by Crippen LogP contribution is -2.08. The SMILES string of the molecule is Cc1cnc(C(C)Nc2ncnc(Cl)c2Br)s1. The van der Waals surface area contributed by atoms with Crippen molar-refractivity contribution in [1.29, 1.82) is 0 Å². The molecule has 1 unspecified atom stereocenters. The molecule has 0 bridgehead atoms. The Morgan fingerprint density at radius 2 is 2.18 bits per heavy atom. The zero-order chi connectivity index (χ0) is 12.4. The smallest absolute Gasteiger partial charge is 0.148 e. The highest BCUT2D eigenvalue weighted by molar-refractivity contribution is 9.10. The standard InChI is InChI=1S/C10H10BrClN4S/c1-5-3-13-10(17-5)6(2)16-9-7(11)8(12)14-4-15-9/h3-4,6H,1-2H3,(H,14,15,16). The third-order valence-electron chi connectivity index (χ3n) is 2.11. The number of hydrogen-bond acceptors (Lipinski definition) is 5. The Bertz CT molecular complexity index is 531. The molecule has 2 aromatic rings. The highest BCUT2D eigenvalue weighted by Crippen LogP contribution is 2.29. The van der Waals surface area contributed by atoms with Crippen molar-refractivity contribution in [3.8, 4) is 0 Å². The zero-order valence-electron chi connectivity index (χ0n) is 9.24. The van der Waals surface area contributed by atoms with E-state index in [2.05, 4.69) is 36.2 Å². The first-order chi connectivity index (χ1) is 8.08. The van der Waals surface area contributed by atoms with E-state index in [9.17, 15) is 0 Å². The maximum absolute atomic E-state index is 5.90. The van der Waals surface area contributed by atoms with E-state index in [0.717, 1.165) is 5.01 Å². The molecule has 90 valence electrons. The molecule has 0 aliphatic carbocycles. The van der Waals surface area contributed by atoms with Gasteiger partial charge in [-0.2, -0.15) is 0 Å². The maximum atomic E-state index is 5.90. The fourth-order valence-electron chi connectivity index (χ4n) is 1.29. The molecule has 7 heteroatoms. The quantitative estimate of drug-likeness (QED) is 0.867. The number of hydrogen-bond donors (Lipinski definition) is 1. The molecule has 0 spiro atoms. The Morgan fingerprint density at radius 3 is 2.82 bits per heavy atom. The molecule has 0 fully saturated rings. The summed E-state index contributed by atoms with van der Waals surface area (Å²) in [5, 5.41) is 4.66. The van der Waals surface area contributed by atoms with Crippen molar-refractivity contribution in [3.63, 3.8) is 0 Å². The van der Waals surface area contributed by atoms with Gasteiger partial charge in [-0.3, -0.25) is 0 Å². The van der Waals surface area contributed by atoms with Crippen LogP contribution in [0.15, 0.2) is 17.0 Å². The maximum Gasteiger partial charge on any atom is 0.148 e. The van der Waals surface area contributed by atoms with Gasteiger partial charge >= 0.3 is 0 Å². The largest absolute Gasteiger partial charge is 0.360 e. The van der Waals surface area contributed by atoms with E-state index >= 15 is 0 Å². The molecule has 0 saturated carbocycles. The van der Waals surface area contributed by atoms with Crippen LogP contribution in [0.25, 0.3) is 0 Å². The van der Waals surface area contributed by atoms with Gasteiger partial charge in [-0.25, -0.2) is 15.0 Å². The Labute approximate surface area is 117 Å². The molecule has 2 heterocycles. The minimum absolute atomic E-state index is 0.0796. The highest BCUT2D eigenvalue weighted by atomic mass is 79.9. The van der Waals surface area contributed by atoms with Crippen LogP contribution in [0.2, 0.25) is 5.15 Å². The molecule has 1 atom stereocenters. The molecular weight excluding hydrogens is 324 g/mol. The van der Waals surface area contributed by atoms with Crippen LogP contribution >= 0.6 is 38.9 Å². The number of nitrogens with one attached hydrogen (secondary N) is 1. The lowest BCUT2D eigenvalue weighted by molar-refractivity contribution is 0.856. The number of rotatable bonds is 3. The Morgan fingerprint density at radius 1 is 1.41 bits per heavy atom. The molecule has 1 N–H and O–H groups in total. The van der Waals surface area contributed by atoms with Crippen LogP contribution in [-0.2, 0) is 0 Å². The molecular formula is C10H10BrClN4S. The summed E-state index contributed by atoms with van der Waals surface area (Å²) in [5.41, 5.74) is 0. The highest BCUT2D eigenvalue weighted by Gasteiger charge is 2.13. The van der Waals surface area contributed by atoms with Crippen LogP contribution in [0.1, 0.15) is 22.9 Å². The second-order valence-corrected chi connectivity index (χ2v) is 5.92. The molecule has 0 aliphatic heterocycles. The van der Waals surface area contributed by atoms with Crippen LogP contribution in [0.3, 0.4) is 0 Å². The average molecular weight is 334 g/mol. The summed E-state index contributed by atoms with van der Waals surface area (Å²) in [6.07, 6.45) is 3.29. The van der Waals surface area contributed by atoms with Crippen LogP contribution in [0.5, 0.6) is 0 Å². The summed E-state index contributed by atoms with van der Waals surface area (Å²) in [5.74, 6) is 0.672. The predicted octanol–water partition coefficient (Wildman–Crippen LogP) is 3.83. The van der Waals surface area contributed by atoms with E-state index in [1.165, 1.54) is 11.2 Å². The van der Waals surface area contributed by atoms with Crippen molar-refractivity contribution in [1.82, 2.24) is 15.0 Å². The first-order valence-corrected chi connectivity index (χ1v) is 6.91. The summed E-state index contributed by atoms with van der Waals surface area (Å²) in [4.78, 5) is 13.5. The zero-order valence-corrected chi connectivity index (χ0v) is 12.4. The van der Waals surface area contributed by atoms with Gasteiger partial charge in [0.1, 0.15) is 22.3 Å². The van der Waals surface area contributed by atoms with Crippen LogP contribution in [-0.4, -0.2) is 15.0 Å². The summed E-state index contributed by atoms with van der Waals surface area (Å²) in [7, 11) is 0. The summed E-state index contributed by atoms with van der Waals surface area (Å²) < 4.78 is 0.668. The Balaban J connectivity index is 2.18. The van der Waals surface area contributed by atoms with Gasteiger partial charge in [0, 0.05) is 11.1 Å². The molecule has 0 aliphatic rings. The topological polar surface area (TPSA) is 50.7 Å². The second kappa shape index (κ2) is 5.29. The summed E-state index contributed by atoms with van der Waals surface area (Å²) in [6.45, 7) is 4.06. The van der Waals surface area contributed by atoms with Crippen LogP contribution < -0.4 is 5.32 Å². The number of thiazole rings is 1. The number of anilines is 1. The minimum Gasteiger partial charge on any atom is -0.360 e. The van der Waals surface area contributed by atoms with Gasteiger partial charge in [0.05, 0.1) is 10.5 Å². The minimum atomic E-state index is 0.0796. The van der Waals surface area contributed by atoms with Gasteiger partial charge in [0.15, 0.2) is 0 Å². The summed E-state index contributed by atoms with van der Waals surface area (Å²) in [6, 6.07) is 0.0796. The normalized spacial score (nSPS) is 12.5. The van der Waals surface area contributed by atoms with E-state index in [1.54, 1.807) is 11.3 Å². The molecule has 0 amide bonds. The van der Waals surface area contributed by atoms with Crippen molar-refractivity contribution in [3.05, 3.63) is 32.0 Å². The molecule has 4 nitrogen and oxygen atoms in total. The van der Waals surface area contributed by atoms with E-state index in [1.807, 2.05) is 20.0 Å². The molecule has 0 aromatic carbocycles. The van der Waals surface area contributed by atoms with Gasteiger partial charge in [0.25, 0.3) is 0 Å². The van der Waals surface area contributed by atoms with Crippen molar-refractivity contribution < 1.29 is 0 Å². The van der Waals surface area contributed by atoms with Crippen LogP contribution in [0, 0.1) is 6.92 Å². The van der Waals surface area contributed by atoms with Crippen molar-refractivity contribution in [2.45, 2.75) is 19.9 Å². The van der Waals surface area contributed by atoms with Gasteiger partial charge in [-0.05, 0) is 29.8 Å². The van der Waals surface area contributed by atoms with E-state index in [0.29, 0.717) is 15.4 Å². The Hall–Kier alpha value is -0.720. The third kappa shape index (κ3) is 2.94. The molecule has 17 heavy (non-hydrogen) atoms. The van der Waals surface area contributed by atoms with Gasteiger partial charge in [-0.15, -0.1) is 11.3 Å². The number of nitrogens with zero attached hydrogens (tertiary/aromatic N) is 3. The number of halogens is 2. The van der Waals surface area contributed by atoms with Crippen LogP contribution in [0.4, 0.5) is 5.82 Å². The van der Waals surface area contributed by atoms with Crippen molar-refractivity contribution >= 4 is 44.7 Å².